The van der Waals surface area contributed by atoms with Crippen LogP contribution in [-0.2, 0) is 9.59 Å². The van der Waals surface area contributed by atoms with Crippen LogP contribution in [0.2, 0.25) is 0 Å². The summed E-state index contributed by atoms with van der Waals surface area (Å²) in [7, 11) is 0. The Balaban J connectivity index is 1.97. The van der Waals surface area contributed by atoms with Crippen molar-refractivity contribution in [2.75, 3.05) is 13.1 Å². The summed E-state index contributed by atoms with van der Waals surface area (Å²) in [5.41, 5.74) is -0.924. The lowest BCUT2D eigenvalue weighted by atomic mass is 9.90. The van der Waals surface area contributed by atoms with Crippen molar-refractivity contribution in [2.45, 2.75) is 58.4 Å². The fourth-order valence-electron chi connectivity index (χ4n) is 2.36. The van der Waals surface area contributed by atoms with E-state index in [0.29, 0.717) is 6.04 Å². The van der Waals surface area contributed by atoms with Gasteiger partial charge in [0.15, 0.2) is 0 Å². The fourth-order valence-corrected chi connectivity index (χ4v) is 2.36. The molecule has 0 bridgehead atoms. The standard InChI is InChI=1S/C14H24N2O2/c1-14(2,12(17)15-11-7-8-11)13(18)16-9-5-3-4-6-10-16/h11H,3-10H2,1-2H3,(H,15,17). The first kappa shape index (κ1) is 13.4. The van der Waals surface area contributed by atoms with Gasteiger partial charge in [-0.1, -0.05) is 12.8 Å². The van der Waals surface area contributed by atoms with Crippen LogP contribution in [0.15, 0.2) is 0 Å². The lowest BCUT2D eigenvalue weighted by Crippen LogP contribution is -2.50. The largest absolute Gasteiger partial charge is 0.352 e. The number of hydrogen-bond donors (Lipinski definition) is 1. The van der Waals surface area contributed by atoms with Crippen molar-refractivity contribution in [1.82, 2.24) is 10.2 Å². The van der Waals surface area contributed by atoms with E-state index in [4.69, 9.17) is 0 Å². The number of likely N-dealkylation sites (tertiary alicyclic amines) is 1. The van der Waals surface area contributed by atoms with Crippen molar-refractivity contribution in [3.05, 3.63) is 0 Å². The molecular weight excluding hydrogens is 228 g/mol. The monoisotopic (exact) mass is 252 g/mol. The van der Waals surface area contributed by atoms with Gasteiger partial charge in [0.1, 0.15) is 5.41 Å². The summed E-state index contributed by atoms with van der Waals surface area (Å²) in [5, 5.41) is 2.94. The molecule has 2 rings (SSSR count). The molecular formula is C14H24N2O2. The molecule has 1 aliphatic carbocycles. The number of amides is 2. The minimum absolute atomic E-state index is 0.0115. The van der Waals surface area contributed by atoms with Crippen LogP contribution < -0.4 is 5.32 Å². The molecule has 2 amide bonds. The Kier molecular flexibility index (Phi) is 3.93. The molecule has 1 heterocycles. The molecule has 0 radical (unpaired) electrons. The van der Waals surface area contributed by atoms with Crippen LogP contribution in [0.4, 0.5) is 0 Å². The van der Waals surface area contributed by atoms with Gasteiger partial charge in [-0.2, -0.15) is 0 Å². The van der Waals surface area contributed by atoms with E-state index >= 15 is 0 Å². The molecule has 1 N–H and O–H groups in total. The molecule has 18 heavy (non-hydrogen) atoms. The SMILES string of the molecule is CC(C)(C(=O)NC1CC1)C(=O)N1CCCCCC1. The van der Waals surface area contributed by atoms with Crippen LogP contribution in [-0.4, -0.2) is 35.8 Å². The lowest BCUT2D eigenvalue weighted by Gasteiger charge is -2.30. The first-order valence-electron chi connectivity index (χ1n) is 7.12. The predicted octanol–water partition coefficient (Wildman–Crippen LogP) is 1.69. The number of nitrogens with one attached hydrogen (secondary N) is 1. The van der Waals surface area contributed by atoms with Gasteiger partial charge < -0.3 is 10.2 Å². The van der Waals surface area contributed by atoms with Crippen molar-refractivity contribution in [3.8, 4) is 0 Å². The average Bonchev–Trinajstić information content (AvgIpc) is 3.13. The molecule has 0 aromatic rings. The van der Waals surface area contributed by atoms with Gasteiger partial charge in [0.25, 0.3) is 0 Å². The zero-order valence-corrected chi connectivity index (χ0v) is 11.5. The highest BCUT2D eigenvalue weighted by atomic mass is 16.2. The van der Waals surface area contributed by atoms with Crippen LogP contribution in [0.1, 0.15) is 52.4 Å². The summed E-state index contributed by atoms with van der Waals surface area (Å²) in [6.07, 6.45) is 6.62. The molecule has 0 unspecified atom stereocenters. The minimum atomic E-state index is -0.924. The van der Waals surface area contributed by atoms with E-state index in [0.717, 1.165) is 38.8 Å². The van der Waals surface area contributed by atoms with Crippen molar-refractivity contribution in [1.29, 1.82) is 0 Å². The topological polar surface area (TPSA) is 49.4 Å². The Morgan fingerprint density at radius 2 is 1.61 bits per heavy atom. The van der Waals surface area contributed by atoms with Gasteiger partial charge in [-0.3, -0.25) is 9.59 Å². The van der Waals surface area contributed by atoms with E-state index in [1.165, 1.54) is 12.8 Å². The normalized spacial score (nSPS) is 21.3. The van der Waals surface area contributed by atoms with Crippen molar-refractivity contribution in [2.24, 2.45) is 5.41 Å². The maximum absolute atomic E-state index is 12.5. The maximum atomic E-state index is 12.5. The lowest BCUT2D eigenvalue weighted by molar-refractivity contribution is -0.148. The number of carbonyl (C=O) groups excluding carboxylic acids is 2. The molecule has 0 aromatic heterocycles. The quantitative estimate of drug-likeness (QED) is 0.777. The number of nitrogens with zero attached hydrogens (tertiary/aromatic N) is 1. The van der Waals surface area contributed by atoms with Crippen molar-refractivity contribution < 1.29 is 9.59 Å². The number of rotatable bonds is 3. The predicted molar refractivity (Wildman–Crippen MR) is 70.0 cm³/mol. The van der Waals surface area contributed by atoms with E-state index in [2.05, 4.69) is 5.32 Å². The molecule has 0 spiro atoms. The van der Waals surface area contributed by atoms with E-state index in [1.54, 1.807) is 13.8 Å². The molecule has 1 saturated heterocycles. The van der Waals surface area contributed by atoms with Gasteiger partial charge in [0, 0.05) is 19.1 Å². The van der Waals surface area contributed by atoms with E-state index in [1.807, 2.05) is 4.90 Å². The molecule has 0 aromatic carbocycles. The zero-order chi connectivity index (χ0) is 13.2. The highest BCUT2D eigenvalue weighted by Crippen LogP contribution is 2.25. The Hall–Kier alpha value is -1.06. The van der Waals surface area contributed by atoms with Crippen molar-refractivity contribution >= 4 is 11.8 Å². The Labute approximate surface area is 109 Å². The Bertz CT molecular complexity index is 327. The van der Waals surface area contributed by atoms with Crippen LogP contribution in [0.5, 0.6) is 0 Å². The van der Waals surface area contributed by atoms with E-state index in [-0.39, 0.29) is 11.8 Å². The van der Waals surface area contributed by atoms with E-state index < -0.39 is 5.41 Å². The van der Waals surface area contributed by atoms with Gasteiger partial charge in [-0.05, 0) is 39.5 Å². The summed E-state index contributed by atoms with van der Waals surface area (Å²) in [5.74, 6) is -0.123. The van der Waals surface area contributed by atoms with Crippen LogP contribution in [0.3, 0.4) is 0 Å². The highest BCUT2D eigenvalue weighted by molar-refractivity contribution is 6.04. The Morgan fingerprint density at radius 1 is 1.06 bits per heavy atom. The number of carbonyl (C=O) groups is 2. The summed E-state index contributed by atoms with van der Waals surface area (Å²) in [6.45, 7) is 5.10. The molecule has 4 nitrogen and oxygen atoms in total. The van der Waals surface area contributed by atoms with E-state index in [9.17, 15) is 9.59 Å². The van der Waals surface area contributed by atoms with Crippen LogP contribution in [0, 0.1) is 5.41 Å². The highest BCUT2D eigenvalue weighted by Gasteiger charge is 2.41. The molecule has 2 aliphatic rings. The van der Waals surface area contributed by atoms with Crippen LogP contribution in [0.25, 0.3) is 0 Å². The molecule has 2 fully saturated rings. The van der Waals surface area contributed by atoms with Gasteiger partial charge in [-0.15, -0.1) is 0 Å². The van der Waals surface area contributed by atoms with Crippen molar-refractivity contribution in [3.63, 3.8) is 0 Å². The first-order valence-corrected chi connectivity index (χ1v) is 7.12. The van der Waals surface area contributed by atoms with Gasteiger partial charge in [0.2, 0.25) is 11.8 Å². The van der Waals surface area contributed by atoms with Crippen LogP contribution >= 0.6 is 0 Å². The third-order valence-electron chi connectivity index (χ3n) is 3.91. The second-order valence-electron chi connectivity index (χ2n) is 6.08. The first-order chi connectivity index (χ1) is 8.51. The number of hydrogen-bond acceptors (Lipinski definition) is 2. The summed E-state index contributed by atoms with van der Waals surface area (Å²) < 4.78 is 0. The Morgan fingerprint density at radius 3 is 2.11 bits per heavy atom. The second-order valence-corrected chi connectivity index (χ2v) is 6.08. The maximum Gasteiger partial charge on any atom is 0.237 e. The second kappa shape index (κ2) is 5.29. The molecule has 1 aliphatic heterocycles. The molecule has 4 heteroatoms. The molecule has 0 atom stereocenters. The van der Waals surface area contributed by atoms with Gasteiger partial charge >= 0.3 is 0 Å². The smallest absolute Gasteiger partial charge is 0.237 e. The summed E-state index contributed by atoms with van der Waals surface area (Å²) in [4.78, 5) is 26.5. The minimum Gasteiger partial charge on any atom is -0.352 e. The molecule has 1 saturated carbocycles. The summed E-state index contributed by atoms with van der Waals surface area (Å²) in [6, 6.07) is 0.314. The molecule has 102 valence electrons. The van der Waals surface area contributed by atoms with Gasteiger partial charge in [-0.25, -0.2) is 0 Å². The zero-order valence-electron chi connectivity index (χ0n) is 11.5. The van der Waals surface area contributed by atoms with Gasteiger partial charge in [0.05, 0.1) is 0 Å². The fraction of sp³-hybridized carbons (Fsp3) is 0.857. The third-order valence-corrected chi connectivity index (χ3v) is 3.91. The average molecular weight is 252 g/mol. The summed E-state index contributed by atoms with van der Waals surface area (Å²) >= 11 is 0. The third kappa shape index (κ3) is 3.03.